The summed E-state index contributed by atoms with van der Waals surface area (Å²) in [6.07, 6.45) is 3.32. The van der Waals surface area contributed by atoms with E-state index in [2.05, 4.69) is 12.2 Å². The first-order valence-electron chi connectivity index (χ1n) is 6.85. The van der Waals surface area contributed by atoms with Gasteiger partial charge < -0.3 is 15.0 Å². The Balaban J connectivity index is 2.38. The lowest BCUT2D eigenvalue weighted by Gasteiger charge is -2.30. The van der Waals surface area contributed by atoms with E-state index in [0.717, 1.165) is 6.42 Å². The molecule has 0 spiro atoms. The molecule has 0 aromatic rings. The molecule has 0 aromatic heterocycles. The summed E-state index contributed by atoms with van der Waals surface area (Å²) in [7, 11) is 3.59. The van der Waals surface area contributed by atoms with Crippen LogP contribution < -0.4 is 5.32 Å². The van der Waals surface area contributed by atoms with Gasteiger partial charge in [0, 0.05) is 26.2 Å². The van der Waals surface area contributed by atoms with Crippen LogP contribution in [0.5, 0.6) is 0 Å². The molecule has 1 fully saturated rings. The first kappa shape index (κ1) is 15.3. The van der Waals surface area contributed by atoms with E-state index in [0.29, 0.717) is 12.0 Å². The topological polar surface area (TPSA) is 41.6 Å². The molecule has 4 nitrogen and oxygen atoms in total. The molecular formula is C14H28N2O2. The molecule has 0 heterocycles. The predicted octanol–water partition coefficient (Wildman–Crippen LogP) is 2.63. The van der Waals surface area contributed by atoms with Crippen LogP contribution in [-0.4, -0.2) is 42.8 Å². The first-order chi connectivity index (χ1) is 8.26. The molecule has 1 aliphatic carbocycles. The highest BCUT2D eigenvalue weighted by Crippen LogP contribution is 2.34. The molecule has 0 bridgehead atoms. The van der Waals surface area contributed by atoms with Gasteiger partial charge in [-0.05, 0) is 52.9 Å². The number of ether oxygens (including phenoxy) is 1. The maximum atomic E-state index is 12.1. The molecular weight excluding hydrogens is 228 g/mol. The zero-order valence-corrected chi connectivity index (χ0v) is 12.6. The molecule has 2 atom stereocenters. The van der Waals surface area contributed by atoms with Gasteiger partial charge in [-0.15, -0.1) is 0 Å². The molecule has 106 valence electrons. The summed E-state index contributed by atoms with van der Waals surface area (Å²) in [5.74, 6) is 0.700. The Kier molecular flexibility index (Phi) is 5.02. The summed E-state index contributed by atoms with van der Waals surface area (Å²) < 4.78 is 5.38. The van der Waals surface area contributed by atoms with Gasteiger partial charge in [0.25, 0.3) is 0 Å². The Morgan fingerprint density at radius 1 is 1.44 bits per heavy atom. The van der Waals surface area contributed by atoms with Gasteiger partial charge >= 0.3 is 6.03 Å². The summed E-state index contributed by atoms with van der Waals surface area (Å²) >= 11 is 0. The highest BCUT2D eigenvalue weighted by molar-refractivity contribution is 5.74. The van der Waals surface area contributed by atoms with E-state index in [9.17, 15) is 4.79 Å². The van der Waals surface area contributed by atoms with Gasteiger partial charge in [-0.25, -0.2) is 4.79 Å². The van der Waals surface area contributed by atoms with Crippen LogP contribution >= 0.6 is 0 Å². The smallest absolute Gasteiger partial charge is 0.317 e. The van der Waals surface area contributed by atoms with Gasteiger partial charge in [-0.2, -0.15) is 0 Å². The van der Waals surface area contributed by atoms with Gasteiger partial charge in [0.15, 0.2) is 0 Å². The average Bonchev–Trinajstić information content (AvgIpc) is 3.09. The van der Waals surface area contributed by atoms with Crippen LogP contribution in [-0.2, 0) is 4.74 Å². The number of nitrogens with one attached hydrogen (secondary N) is 1. The van der Waals surface area contributed by atoms with Gasteiger partial charge in [0.1, 0.15) is 0 Å². The normalized spacial score (nSPS) is 19.2. The Morgan fingerprint density at radius 3 is 2.44 bits per heavy atom. The van der Waals surface area contributed by atoms with Crippen LogP contribution in [0.15, 0.2) is 0 Å². The second kappa shape index (κ2) is 5.91. The summed E-state index contributed by atoms with van der Waals surface area (Å²) in [5.41, 5.74) is -0.201. The molecule has 1 rings (SSSR count). The minimum Gasteiger partial charge on any atom is -0.379 e. The minimum atomic E-state index is -0.201. The molecule has 2 amide bonds. The molecule has 0 aliphatic heterocycles. The van der Waals surface area contributed by atoms with E-state index in [4.69, 9.17) is 4.74 Å². The van der Waals surface area contributed by atoms with Gasteiger partial charge in [-0.3, -0.25) is 0 Å². The number of amides is 2. The highest BCUT2D eigenvalue weighted by atomic mass is 16.5. The van der Waals surface area contributed by atoms with Gasteiger partial charge in [-0.1, -0.05) is 0 Å². The van der Waals surface area contributed by atoms with Crippen molar-refractivity contribution in [3.8, 4) is 0 Å². The molecule has 0 radical (unpaired) electrons. The van der Waals surface area contributed by atoms with Crippen molar-refractivity contribution in [2.75, 3.05) is 14.2 Å². The lowest BCUT2D eigenvalue weighted by molar-refractivity contribution is 0.00909. The molecule has 1 N–H and O–H groups in total. The van der Waals surface area contributed by atoms with Crippen molar-refractivity contribution >= 4 is 6.03 Å². The van der Waals surface area contributed by atoms with Crippen LogP contribution in [0, 0.1) is 5.92 Å². The lowest BCUT2D eigenvalue weighted by Crippen LogP contribution is -2.48. The maximum Gasteiger partial charge on any atom is 0.317 e. The van der Waals surface area contributed by atoms with Crippen LogP contribution in [0.25, 0.3) is 0 Å². The average molecular weight is 256 g/mol. The molecule has 18 heavy (non-hydrogen) atoms. The van der Waals surface area contributed by atoms with E-state index in [1.165, 1.54) is 12.8 Å². The van der Waals surface area contributed by atoms with Crippen molar-refractivity contribution in [2.24, 2.45) is 5.92 Å². The fourth-order valence-electron chi connectivity index (χ4n) is 2.26. The Bertz CT molecular complexity index is 288. The number of carbonyl (C=O) groups is 1. The second-order valence-electron chi connectivity index (χ2n) is 6.21. The van der Waals surface area contributed by atoms with Crippen LogP contribution in [0.3, 0.4) is 0 Å². The summed E-state index contributed by atoms with van der Waals surface area (Å²) in [5, 5.41) is 3.04. The third-order valence-electron chi connectivity index (χ3n) is 3.96. The fourth-order valence-corrected chi connectivity index (χ4v) is 2.26. The Hall–Kier alpha value is -0.770. The van der Waals surface area contributed by atoms with Gasteiger partial charge in [0.2, 0.25) is 0 Å². The first-order valence-corrected chi connectivity index (χ1v) is 6.85. The van der Waals surface area contributed by atoms with Gasteiger partial charge in [0.05, 0.1) is 5.60 Å². The lowest BCUT2D eigenvalue weighted by atomic mass is 10.00. The molecule has 4 heteroatoms. The monoisotopic (exact) mass is 256 g/mol. The standard InChI is InChI=1S/C14H28N2O2/c1-10(9-14(3,4)18-6)15-13(17)16(5)11(2)12-7-8-12/h10-12H,7-9H2,1-6H3,(H,15,17)/t10-,11-/m0/s1. The zero-order chi connectivity index (χ0) is 13.9. The van der Waals surface area contributed by atoms with Crippen molar-refractivity contribution in [1.29, 1.82) is 0 Å². The number of nitrogens with zero attached hydrogens (tertiary/aromatic N) is 1. The molecule has 0 aromatic carbocycles. The SMILES string of the molecule is COC(C)(C)C[C@H](C)NC(=O)N(C)[C@@H](C)C1CC1. The Labute approximate surface area is 111 Å². The number of hydrogen-bond donors (Lipinski definition) is 1. The summed E-state index contributed by atoms with van der Waals surface area (Å²) in [6.45, 7) is 8.22. The van der Waals surface area contributed by atoms with E-state index in [1.807, 2.05) is 32.7 Å². The molecule has 0 unspecified atom stereocenters. The maximum absolute atomic E-state index is 12.1. The number of hydrogen-bond acceptors (Lipinski definition) is 2. The highest BCUT2D eigenvalue weighted by Gasteiger charge is 2.33. The third-order valence-corrected chi connectivity index (χ3v) is 3.96. The van der Waals surface area contributed by atoms with E-state index in [-0.39, 0.29) is 17.7 Å². The number of rotatable bonds is 6. The van der Waals surface area contributed by atoms with E-state index in [1.54, 1.807) is 7.11 Å². The number of carbonyl (C=O) groups excluding carboxylic acids is 1. The number of urea groups is 1. The predicted molar refractivity (Wildman–Crippen MR) is 73.6 cm³/mol. The summed E-state index contributed by atoms with van der Waals surface area (Å²) in [6, 6.07) is 0.475. The van der Waals surface area contributed by atoms with Crippen molar-refractivity contribution < 1.29 is 9.53 Å². The quantitative estimate of drug-likeness (QED) is 0.793. The van der Waals surface area contributed by atoms with Crippen molar-refractivity contribution in [3.05, 3.63) is 0 Å². The molecule has 0 saturated heterocycles. The van der Waals surface area contributed by atoms with E-state index < -0.39 is 0 Å². The third kappa shape index (κ3) is 4.48. The zero-order valence-electron chi connectivity index (χ0n) is 12.6. The van der Waals surface area contributed by atoms with Crippen molar-refractivity contribution in [3.63, 3.8) is 0 Å². The Morgan fingerprint density at radius 2 is 2.00 bits per heavy atom. The minimum absolute atomic E-state index is 0.0220. The van der Waals surface area contributed by atoms with Crippen molar-refractivity contribution in [1.82, 2.24) is 10.2 Å². The second-order valence-corrected chi connectivity index (χ2v) is 6.21. The summed E-state index contributed by atoms with van der Waals surface area (Å²) in [4.78, 5) is 13.9. The van der Waals surface area contributed by atoms with Crippen LogP contribution in [0.1, 0.15) is 47.0 Å². The molecule has 1 aliphatic rings. The fraction of sp³-hybridized carbons (Fsp3) is 0.929. The van der Waals surface area contributed by atoms with Crippen molar-refractivity contribution in [2.45, 2.75) is 64.6 Å². The van der Waals surface area contributed by atoms with Crippen LogP contribution in [0.2, 0.25) is 0 Å². The molecule has 1 saturated carbocycles. The largest absolute Gasteiger partial charge is 0.379 e. The van der Waals surface area contributed by atoms with Crippen LogP contribution in [0.4, 0.5) is 4.79 Å². The van der Waals surface area contributed by atoms with E-state index >= 15 is 0 Å². The number of methoxy groups -OCH3 is 1.